The summed E-state index contributed by atoms with van der Waals surface area (Å²) in [5, 5.41) is -0.418. The largest absolute Gasteiger partial charge is 0.377 e. The molecule has 5 heterocycles. The molecule has 0 radical (unpaired) electrons. The van der Waals surface area contributed by atoms with E-state index < -0.39 is 15.3 Å². The molecule has 0 bridgehead atoms. The number of anilines is 3. The highest BCUT2D eigenvalue weighted by Gasteiger charge is 2.43. The van der Waals surface area contributed by atoms with Gasteiger partial charge < -0.3 is 20.3 Å². The molecule has 2 fully saturated rings. The summed E-state index contributed by atoms with van der Waals surface area (Å²) >= 11 is 0. The summed E-state index contributed by atoms with van der Waals surface area (Å²) in [7, 11) is -3.24. The maximum Gasteiger partial charge on any atom is 0.228 e. The number of rotatable bonds is 5. The normalized spacial score (nSPS) is 22.0. The van der Waals surface area contributed by atoms with Crippen molar-refractivity contribution in [1.29, 1.82) is 0 Å². The highest BCUT2D eigenvalue weighted by Crippen LogP contribution is 2.38. The lowest BCUT2D eigenvalue weighted by molar-refractivity contribution is 0.0981. The molecule has 0 amide bonds. The SMILES string of the molecule is CC(C)S(=O)(=O)N1CC(N2CCc3c(-c4cnc(N)nc4)nc(N4CCOC[C@@H]4C)nc32)C1. The predicted octanol–water partition coefficient (Wildman–Crippen LogP) is 0.526. The van der Waals surface area contributed by atoms with Crippen LogP contribution in [0, 0.1) is 0 Å². The first-order valence-corrected chi connectivity index (χ1v) is 12.8. The third kappa shape index (κ3) is 3.89. The molecule has 2 aromatic heterocycles. The summed E-state index contributed by atoms with van der Waals surface area (Å²) in [6, 6.07) is 0.248. The van der Waals surface area contributed by atoms with Gasteiger partial charge in [-0.25, -0.2) is 23.4 Å². The Morgan fingerprint density at radius 2 is 1.85 bits per heavy atom. The van der Waals surface area contributed by atoms with Crippen molar-refractivity contribution in [3.8, 4) is 11.3 Å². The molecule has 12 heteroatoms. The Bertz CT molecular complexity index is 1130. The van der Waals surface area contributed by atoms with Gasteiger partial charge in [-0.05, 0) is 27.2 Å². The molecule has 5 rings (SSSR count). The van der Waals surface area contributed by atoms with Gasteiger partial charge in [0.05, 0.1) is 36.2 Å². The zero-order valence-corrected chi connectivity index (χ0v) is 20.0. The van der Waals surface area contributed by atoms with E-state index in [1.807, 2.05) is 0 Å². The van der Waals surface area contributed by atoms with E-state index in [2.05, 4.69) is 26.7 Å². The third-order valence-electron chi connectivity index (χ3n) is 6.64. The summed E-state index contributed by atoms with van der Waals surface area (Å²) in [5.74, 6) is 1.74. The second kappa shape index (κ2) is 8.33. The van der Waals surface area contributed by atoms with Crippen LogP contribution in [0.25, 0.3) is 11.3 Å². The second-order valence-corrected chi connectivity index (χ2v) is 11.6. The van der Waals surface area contributed by atoms with E-state index in [9.17, 15) is 8.42 Å². The molecule has 178 valence electrons. The summed E-state index contributed by atoms with van der Waals surface area (Å²) in [6.45, 7) is 9.22. The Balaban J connectivity index is 1.51. The first-order valence-electron chi connectivity index (χ1n) is 11.3. The molecule has 11 nitrogen and oxygen atoms in total. The van der Waals surface area contributed by atoms with Gasteiger partial charge in [-0.1, -0.05) is 0 Å². The third-order valence-corrected chi connectivity index (χ3v) is 8.85. The second-order valence-electron chi connectivity index (χ2n) is 9.13. The molecule has 33 heavy (non-hydrogen) atoms. The number of nitrogen functional groups attached to an aromatic ring is 1. The van der Waals surface area contributed by atoms with Gasteiger partial charge in [-0.15, -0.1) is 0 Å². The zero-order chi connectivity index (χ0) is 23.3. The Morgan fingerprint density at radius 1 is 1.12 bits per heavy atom. The minimum absolute atomic E-state index is 0.0974. The van der Waals surface area contributed by atoms with Crippen molar-refractivity contribution in [2.24, 2.45) is 0 Å². The number of hydrogen-bond acceptors (Lipinski definition) is 10. The Kier molecular flexibility index (Phi) is 5.61. The fraction of sp³-hybridized carbons (Fsp3) is 0.619. The summed E-state index contributed by atoms with van der Waals surface area (Å²) in [6.07, 6.45) is 4.17. The van der Waals surface area contributed by atoms with E-state index in [0.29, 0.717) is 38.8 Å². The lowest BCUT2D eigenvalue weighted by atomic mass is 10.1. The van der Waals surface area contributed by atoms with Gasteiger partial charge in [-0.2, -0.15) is 9.29 Å². The van der Waals surface area contributed by atoms with Crippen molar-refractivity contribution in [2.75, 3.05) is 54.9 Å². The molecule has 2 saturated heterocycles. The summed E-state index contributed by atoms with van der Waals surface area (Å²) in [4.78, 5) is 22.6. The van der Waals surface area contributed by atoms with Gasteiger partial charge in [-0.3, -0.25) is 0 Å². The smallest absolute Gasteiger partial charge is 0.228 e. The van der Waals surface area contributed by atoms with Crippen LogP contribution in [0.5, 0.6) is 0 Å². The van der Waals surface area contributed by atoms with Crippen molar-refractivity contribution in [1.82, 2.24) is 24.2 Å². The van der Waals surface area contributed by atoms with Crippen LogP contribution in [0.15, 0.2) is 12.4 Å². The average molecular weight is 475 g/mol. The number of ether oxygens (including phenoxy) is 1. The Labute approximate surface area is 194 Å². The van der Waals surface area contributed by atoms with Crippen molar-refractivity contribution < 1.29 is 13.2 Å². The van der Waals surface area contributed by atoms with Crippen LogP contribution in [0.3, 0.4) is 0 Å². The van der Waals surface area contributed by atoms with Gasteiger partial charge in [0.25, 0.3) is 0 Å². The van der Waals surface area contributed by atoms with Crippen molar-refractivity contribution >= 4 is 27.7 Å². The minimum atomic E-state index is -3.24. The van der Waals surface area contributed by atoms with Crippen molar-refractivity contribution in [3.05, 3.63) is 18.0 Å². The number of nitrogens with two attached hydrogens (primary N) is 1. The van der Waals surface area contributed by atoms with E-state index in [4.69, 9.17) is 20.4 Å². The number of hydrogen-bond donors (Lipinski definition) is 1. The first kappa shape index (κ1) is 22.2. The maximum atomic E-state index is 12.5. The Morgan fingerprint density at radius 3 is 2.52 bits per heavy atom. The van der Waals surface area contributed by atoms with Gasteiger partial charge in [0.2, 0.25) is 21.9 Å². The lowest BCUT2D eigenvalue weighted by Crippen LogP contribution is -2.62. The molecule has 3 aliphatic rings. The number of aromatic nitrogens is 4. The molecule has 0 spiro atoms. The van der Waals surface area contributed by atoms with Crippen LogP contribution in [0.1, 0.15) is 26.3 Å². The molecule has 2 N–H and O–H groups in total. The van der Waals surface area contributed by atoms with E-state index >= 15 is 0 Å². The summed E-state index contributed by atoms with van der Waals surface area (Å²) < 4.78 is 32.2. The molecule has 0 aliphatic carbocycles. The highest BCUT2D eigenvalue weighted by molar-refractivity contribution is 7.89. The average Bonchev–Trinajstić information content (AvgIpc) is 3.16. The van der Waals surface area contributed by atoms with Gasteiger partial charge in [0.1, 0.15) is 5.82 Å². The molecule has 0 aromatic carbocycles. The topological polar surface area (TPSA) is 131 Å². The summed E-state index contributed by atoms with van der Waals surface area (Å²) in [5.41, 5.74) is 8.34. The molecule has 1 atom stereocenters. The molecular weight excluding hydrogens is 444 g/mol. The molecule has 2 aromatic rings. The quantitative estimate of drug-likeness (QED) is 0.654. The standard InChI is InChI=1S/C21H30N8O3S/c1-13(2)33(30,31)27-10-16(11-27)29-5-4-17-18(15-8-23-20(22)24-9-15)25-21(26-19(17)29)28-6-7-32-12-14(28)3/h8-9,13-14,16H,4-7,10-12H2,1-3H3,(H2,22,23,24)/t14-/m0/s1. The van der Waals surface area contributed by atoms with Crippen molar-refractivity contribution in [2.45, 2.75) is 44.5 Å². The van der Waals surface area contributed by atoms with Crippen LogP contribution in [-0.2, 0) is 21.2 Å². The molecule has 3 aliphatic heterocycles. The fourth-order valence-corrected chi connectivity index (χ4v) is 5.95. The van der Waals surface area contributed by atoms with E-state index in [1.165, 1.54) is 0 Å². The van der Waals surface area contributed by atoms with E-state index in [-0.39, 0.29) is 18.0 Å². The number of nitrogens with zero attached hydrogens (tertiary/aromatic N) is 7. The zero-order valence-electron chi connectivity index (χ0n) is 19.2. The van der Waals surface area contributed by atoms with Crippen LogP contribution in [-0.4, -0.2) is 89.4 Å². The minimum Gasteiger partial charge on any atom is -0.377 e. The van der Waals surface area contributed by atoms with Crippen LogP contribution >= 0.6 is 0 Å². The van der Waals surface area contributed by atoms with Crippen molar-refractivity contribution in [3.63, 3.8) is 0 Å². The maximum absolute atomic E-state index is 12.5. The van der Waals surface area contributed by atoms with E-state index in [0.717, 1.165) is 35.6 Å². The fourth-order valence-electron chi connectivity index (χ4n) is 4.59. The van der Waals surface area contributed by atoms with Crippen LogP contribution < -0.4 is 15.5 Å². The number of morpholine rings is 1. The van der Waals surface area contributed by atoms with Crippen LogP contribution in [0.2, 0.25) is 0 Å². The Hall–Kier alpha value is -2.57. The molecule has 0 unspecified atom stereocenters. The molecule has 0 saturated carbocycles. The van der Waals surface area contributed by atoms with Gasteiger partial charge >= 0.3 is 0 Å². The first-order chi connectivity index (χ1) is 15.8. The van der Waals surface area contributed by atoms with E-state index in [1.54, 1.807) is 30.5 Å². The van der Waals surface area contributed by atoms with Gasteiger partial charge in [0, 0.05) is 49.7 Å². The molecular formula is C21H30N8O3S. The predicted molar refractivity (Wildman–Crippen MR) is 126 cm³/mol. The number of sulfonamides is 1. The lowest BCUT2D eigenvalue weighted by Gasteiger charge is -2.44. The van der Waals surface area contributed by atoms with Crippen LogP contribution in [0.4, 0.5) is 17.7 Å². The number of fused-ring (bicyclic) bond motifs is 1. The monoisotopic (exact) mass is 474 g/mol. The highest BCUT2D eigenvalue weighted by atomic mass is 32.2. The van der Waals surface area contributed by atoms with Gasteiger partial charge in [0.15, 0.2) is 0 Å².